The van der Waals surface area contributed by atoms with Gasteiger partial charge in [-0.3, -0.25) is 9.59 Å². The second-order valence-electron chi connectivity index (χ2n) is 4.94. The summed E-state index contributed by atoms with van der Waals surface area (Å²) in [5.74, 6) is -1.69. The van der Waals surface area contributed by atoms with E-state index in [0.717, 1.165) is 12.1 Å². The molecule has 122 valence electrons. The lowest BCUT2D eigenvalue weighted by Gasteiger charge is -2.15. The highest BCUT2D eigenvalue weighted by Crippen LogP contribution is 2.29. The van der Waals surface area contributed by atoms with Gasteiger partial charge in [0, 0.05) is 12.5 Å². The average molecular weight is 317 g/mol. The molecule has 0 aromatic heterocycles. The third-order valence-corrected chi connectivity index (χ3v) is 3.27. The van der Waals surface area contributed by atoms with E-state index in [-0.39, 0.29) is 18.9 Å². The lowest BCUT2D eigenvalue weighted by atomic mass is 9.95. The standard InChI is InChI=1S/C15H18F3NO3/c1-2-11(14(22)19-8-7-13(20)21)9-10-3-5-12(6-4-10)15(16,17)18/h3-6,11H,2,7-9H2,1H3,(H,19,22)(H,20,21). The molecule has 0 saturated carbocycles. The lowest BCUT2D eigenvalue weighted by Crippen LogP contribution is -2.33. The molecule has 0 aliphatic rings. The van der Waals surface area contributed by atoms with Crippen LogP contribution in [-0.4, -0.2) is 23.5 Å². The molecule has 1 unspecified atom stereocenters. The van der Waals surface area contributed by atoms with Crippen molar-refractivity contribution in [3.63, 3.8) is 0 Å². The van der Waals surface area contributed by atoms with E-state index in [2.05, 4.69) is 5.32 Å². The molecule has 1 aromatic carbocycles. The van der Waals surface area contributed by atoms with Gasteiger partial charge in [-0.1, -0.05) is 19.1 Å². The van der Waals surface area contributed by atoms with Crippen molar-refractivity contribution >= 4 is 11.9 Å². The van der Waals surface area contributed by atoms with E-state index in [1.165, 1.54) is 12.1 Å². The first-order valence-corrected chi connectivity index (χ1v) is 6.89. The monoisotopic (exact) mass is 317 g/mol. The molecule has 0 spiro atoms. The van der Waals surface area contributed by atoms with Crippen LogP contribution in [0.3, 0.4) is 0 Å². The van der Waals surface area contributed by atoms with E-state index in [1.807, 2.05) is 0 Å². The van der Waals surface area contributed by atoms with Gasteiger partial charge in [0.15, 0.2) is 0 Å². The molecule has 0 aliphatic heterocycles. The molecule has 1 atom stereocenters. The Morgan fingerprint density at radius 2 is 1.82 bits per heavy atom. The van der Waals surface area contributed by atoms with Gasteiger partial charge in [0.05, 0.1) is 12.0 Å². The molecule has 7 heteroatoms. The van der Waals surface area contributed by atoms with Gasteiger partial charge in [-0.2, -0.15) is 13.2 Å². The summed E-state index contributed by atoms with van der Waals surface area (Å²) < 4.78 is 37.4. The molecule has 22 heavy (non-hydrogen) atoms. The molecule has 0 heterocycles. The number of hydrogen-bond acceptors (Lipinski definition) is 2. The van der Waals surface area contributed by atoms with Crippen LogP contribution in [0.25, 0.3) is 0 Å². The summed E-state index contributed by atoms with van der Waals surface area (Å²) in [5, 5.41) is 11.0. The van der Waals surface area contributed by atoms with Crippen LogP contribution in [0.15, 0.2) is 24.3 Å². The molecule has 0 saturated heterocycles. The third-order valence-electron chi connectivity index (χ3n) is 3.27. The minimum atomic E-state index is -4.38. The van der Waals surface area contributed by atoms with Gasteiger partial charge in [0.2, 0.25) is 5.91 Å². The van der Waals surface area contributed by atoms with Crippen LogP contribution in [-0.2, 0) is 22.2 Å². The number of nitrogens with one attached hydrogen (secondary N) is 1. The average Bonchev–Trinajstić information content (AvgIpc) is 2.43. The van der Waals surface area contributed by atoms with Crippen LogP contribution in [0.1, 0.15) is 30.9 Å². The molecule has 2 N–H and O–H groups in total. The first-order chi connectivity index (χ1) is 10.2. The van der Waals surface area contributed by atoms with Crippen molar-refractivity contribution in [2.75, 3.05) is 6.54 Å². The summed E-state index contributed by atoms with van der Waals surface area (Å²) in [4.78, 5) is 22.3. The minimum Gasteiger partial charge on any atom is -0.481 e. The Morgan fingerprint density at radius 3 is 2.27 bits per heavy atom. The SMILES string of the molecule is CCC(Cc1ccc(C(F)(F)F)cc1)C(=O)NCCC(=O)O. The fraction of sp³-hybridized carbons (Fsp3) is 0.467. The number of amides is 1. The summed E-state index contributed by atoms with van der Waals surface area (Å²) in [6, 6.07) is 4.70. The Balaban J connectivity index is 2.62. The normalized spacial score (nSPS) is 12.7. The van der Waals surface area contributed by atoms with Crippen LogP contribution >= 0.6 is 0 Å². The molecule has 1 rings (SSSR count). The zero-order valence-electron chi connectivity index (χ0n) is 12.1. The summed E-state index contributed by atoms with van der Waals surface area (Å²) >= 11 is 0. The van der Waals surface area contributed by atoms with Gasteiger partial charge in [-0.15, -0.1) is 0 Å². The maximum atomic E-state index is 12.5. The number of carboxylic acids is 1. The number of rotatable bonds is 7. The van der Waals surface area contributed by atoms with Crippen molar-refractivity contribution in [2.45, 2.75) is 32.4 Å². The van der Waals surface area contributed by atoms with Crippen molar-refractivity contribution in [2.24, 2.45) is 5.92 Å². The van der Waals surface area contributed by atoms with E-state index in [1.54, 1.807) is 6.92 Å². The highest BCUT2D eigenvalue weighted by atomic mass is 19.4. The number of hydrogen-bond donors (Lipinski definition) is 2. The van der Waals surface area contributed by atoms with Crippen molar-refractivity contribution in [1.82, 2.24) is 5.32 Å². The zero-order valence-corrected chi connectivity index (χ0v) is 12.1. The number of halogens is 3. The van der Waals surface area contributed by atoms with Crippen molar-refractivity contribution in [3.05, 3.63) is 35.4 Å². The Morgan fingerprint density at radius 1 is 1.23 bits per heavy atom. The molecule has 0 radical (unpaired) electrons. The van der Waals surface area contributed by atoms with Crippen molar-refractivity contribution in [3.8, 4) is 0 Å². The Kier molecular flexibility index (Phi) is 6.39. The molecule has 4 nitrogen and oxygen atoms in total. The van der Waals surface area contributed by atoms with Gasteiger partial charge in [-0.05, 0) is 30.5 Å². The minimum absolute atomic E-state index is 0.0394. The maximum Gasteiger partial charge on any atom is 0.416 e. The van der Waals surface area contributed by atoms with E-state index in [4.69, 9.17) is 5.11 Å². The van der Waals surface area contributed by atoms with E-state index < -0.39 is 23.6 Å². The molecule has 0 fully saturated rings. The first kappa shape index (κ1) is 18.0. The van der Waals surface area contributed by atoms with Crippen LogP contribution < -0.4 is 5.32 Å². The number of carboxylic acid groups (broad SMARTS) is 1. The quantitative estimate of drug-likeness (QED) is 0.812. The fourth-order valence-electron chi connectivity index (χ4n) is 1.97. The Labute approximate surface area is 126 Å². The number of benzene rings is 1. The van der Waals surface area contributed by atoms with Crippen LogP contribution in [0.4, 0.5) is 13.2 Å². The highest BCUT2D eigenvalue weighted by Gasteiger charge is 2.30. The lowest BCUT2D eigenvalue weighted by molar-refractivity contribution is -0.138. The smallest absolute Gasteiger partial charge is 0.416 e. The van der Waals surface area contributed by atoms with Crippen LogP contribution in [0, 0.1) is 5.92 Å². The maximum absolute atomic E-state index is 12.5. The fourth-order valence-corrected chi connectivity index (χ4v) is 1.97. The van der Waals surface area contributed by atoms with Crippen molar-refractivity contribution in [1.29, 1.82) is 0 Å². The Hall–Kier alpha value is -2.05. The second kappa shape index (κ2) is 7.82. The summed E-state index contributed by atoms with van der Waals surface area (Å²) in [6.45, 7) is 1.84. The number of alkyl halides is 3. The second-order valence-corrected chi connectivity index (χ2v) is 4.94. The summed E-state index contributed by atoms with van der Waals surface area (Å²) in [7, 11) is 0. The summed E-state index contributed by atoms with van der Waals surface area (Å²) in [5.41, 5.74) is -0.0940. The highest BCUT2D eigenvalue weighted by molar-refractivity contribution is 5.79. The predicted octanol–water partition coefficient (Wildman–Crippen LogP) is 2.87. The van der Waals surface area contributed by atoms with Gasteiger partial charge in [0.25, 0.3) is 0 Å². The van der Waals surface area contributed by atoms with Gasteiger partial charge < -0.3 is 10.4 Å². The topological polar surface area (TPSA) is 66.4 Å². The molecule has 0 bridgehead atoms. The molecular weight excluding hydrogens is 299 g/mol. The van der Waals surface area contributed by atoms with Gasteiger partial charge >= 0.3 is 12.1 Å². The number of carbonyl (C=O) groups is 2. The van der Waals surface area contributed by atoms with Gasteiger partial charge in [-0.25, -0.2) is 0 Å². The van der Waals surface area contributed by atoms with E-state index >= 15 is 0 Å². The first-order valence-electron chi connectivity index (χ1n) is 6.89. The predicted molar refractivity (Wildman–Crippen MR) is 74.2 cm³/mol. The van der Waals surface area contributed by atoms with E-state index in [9.17, 15) is 22.8 Å². The van der Waals surface area contributed by atoms with E-state index in [0.29, 0.717) is 18.4 Å². The number of aliphatic carboxylic acids is 1. The number of carbonyl (C=O) groups excluding carboxylic acids is 1. The molecular formula is C15H18F3NO3. The third kappa shape index (κ3) is 5.75. The Bertz CT molecular complexity index is 512. The van der Waals surface area contributed by atoms with Crippen LogP contribution in [0.5, 0.6) is 0 Å². The largest absolute Gasteiger partial charge is 0.481 e. The molecule has 0 aliphatic carbocycles. The van der Waals surface area contributed by atoms with Crippen LogP contribution in [0.2, 0.25) is 0 Å². The molecule has 1 aromatic rings. The van der Waals surface area contributed by atoms with Gasteiger partial charge in [0.1, 0.15) is 0 Å². The zero-order chi connectivity index (χ0) is 16.8. The molecule has 1 amide bonds. The van der Waals surface area contributed by atoms with Crippen molar-refractivity contribution < 1.29 is 27.9 Å². The summed E-state index contributed by atoms with van der Waals surface area (Å²) in [6.07, 6.45) is -3.72.